The summed E-state index contributed by atoms with van der Waals surface area (Å²) in [7, 11) is 1.65. The van der Waals surface area contributed by atoms with Crippen molar-refractivity contribution in [3.05, 3.63) is 29.8 Å². The molecule has 27 heavy (non-hydrogen) atoms. The summed E-state index contributed by atoms with van der Waals surface area (Å²) in [5.74, 6) is 1.05. The van der Waals surface area contributed by atoms with E-state index in [9.17, 15) is 9.59 Å². The standard InChI is InChI=1S/C21H31N3O3/c1-20(2)14-22-19(26)21(23-15-20)10-12-24(13-11-21)18(25)9-8-16-6-4-5-7-17(16)27-3/h4-7,23H,8-15H2,1-3H3,(H,22,26). The number of piperidine rings is 1. The van der Waals surface area contributed by atoms with Crippen LogP contribution in [0.2, 0.25) is 0 Å². The van der Waals surface area contributed by atoms with Gasteiger partial charge in [0, 0.05) is 32.6 Å². The third kappa shape index (κ3) is 4.43. The van der Waals surface area contributed by atoms with Gasteiger partial charge in [-0.05, 0) is 36.3 Å². The maximum atomic E-state index is 12.7. The van der Waals surface area contributed by atoms with Crippen LogP contribution >= 0.6 is 0 Å². The van der Waals surface area contributed by atoms with Gasteiger partial charge in [0.15, 0.2) is 0 Å². The van der Waals surface area contributed by atoms with Crippen molar-refractivity contribution in [2.75, 3.05) is 33.3 Å². The molecule has 1 aromatic rings. The Morgan fingerprint density at radius 3 is 2.59 bits per heavy atom. The average molecular weight is 373 g/mol. The van der Waals surface area contributed by atoms with Crippen LogP contribution in [0.15, 0.2) is 24.3 Å². The third-order valence-electron chi connectivity index (χ3n) is 5.84. The van der Waals surface area contributed by atoms with Gasteiger partial charge in [-0.3, -0.25) is 9.59 Å². The fourth-order valence-corrected chi connectivity index (χ4v) is 3.89. The first-order chi connectivity index (χ1) is 12.9. The molecule has 0 atom stereocenters. The highest BCUT2D eigenvalue weighted by molar-refractivity contribution is 5.87. The van der Waals surface area contributed by atoms with Gasteiger partial charge in [-0.25, -0.2) is 0 Å². The fraction of sp³-hybridized carbons (Fsp3) is 0.619. The van der Waals surface area contributed by atoms with Crippen molar-refractivity contribution in [2.24, 2.45) is 5.41 Å². The molecule has 6 heteroatoms. The molecule has 0 bridgehead atoms. The topological polar surface area (TPSA) is 70.7 Å². The number of hydrogen-bond donors (Lipinski definition) is 2. The van der Waals surface area contributed by atoms with Crippen LogP contribution in [0.4, 0.5) is 0 Å². The number of rotatable bonds is 4. The minimum atomic E-state index is -0.535. The lowest BCUT2D eigenvalue weighted by Crippen LogP contribution is -2.61. The van der Waals surface area contributed by atoms with E-state index in [2.05, 4.69) is 24.5 Å². The van der Waals surface area contributed by atoms with Gasteiger partial charge in [-0.15, -0.1) is 0 Å². The SMILES string of the molecule is COc1ccccc1CCC(=O)N1CCC2(CC1)NCC(C)(C)CNC2=O. The van der Waals surface area contributed by atoms with E-state index in [1.165, 1.54) is 0 Å². The number of nitrogens with zero attached hydrogens (tertiary/aromatic N) is 1. The zero-order valence-corrected chi connectivity index (χ0v) is 16.6. The zero-order chi connectivity index (χ0) is 19.5. The number of aryl methyl sites for hydroxylation is 1. The Hall–Kier alpha value is -2.08. The van der Waals surface area contributed by atoms with Crippen molar-refractivity contribution in [1.29, 1.82) is 0 Å². The molecule has 2 aliphatic heterocycles. The molecular formula is C21H31N3O3. The zero-order valence-electron chi connectivity index (χ0n) is 16.6. The summed E-state index contributed by atoms with van der Waals surface area (Å²) in [4.78, 5) is 27.2. The Labute approximate surface area is 161 Å². The van der Waals surface area contributed by atoms with Crippen LogP contribution in [0, 0.1) is 5.41 Å². The first kappa shape index (κ1) is 19.7. The molecule has 0 saturated carbocycles. The molecule has 148 valence electrons. The number of nitrogens with one attached hydrogen (secondary N) is 2. The van der Waals surface area contributed by atoms with Crippen LogP contribution in [0.3, 0.4) is 0 Å². The number of para-hydroxylation sites is 1. The summed E-state index contributed by atoms with van der Waals surface area (Å²) in [5, 5.41) is 6.58. The molecular weight excluding hydrogens is 342 g/mol. The highest BCUT2D eigenvalue weighted by Gasteiger charge is 2.44. The highest BCUT2D eigenvalue weighted by atomic mass is 16.5. The van der Waals surface area contributed by atoms with E-state index < -0.39 is 5.54 Å². The lowest BCUT2D eigenvalue weighted by molar-refractivity contribution is -0.137. The molecule has 0 radical (unpaired) electrons. The van der Waals surface area contributed by atoms with Gasteiger partial charge in [0.25, 0.3) is 0 Å². The second kappa shape index (κ2) is 7.89. The molecule has 2 fully saturated rings. The predicted octanol–water partition coefficient (Wildman–Crippen LogP) is 1.73. The van der Waals surface area contributed by atoms with Gasteiger partial charge in [0.1, 0.15) is 11.3 Å². The van der Waals surface area contributed by atoms with E-state index >= 15 is 0 Å². The third-order valence-corrected chi connectivity index (χ3v) is 5.84. The van der Waals surface area contributed by atoms with E-state index in [1.807, 2.05) is 29.2 Å². The number of methoxy groups -OCH3 is 1. The Morgan fingerprint density at radius 2 is 1.89 bits per heavy atom. The molecule has 2 heterocycles. The molecule has 0 aromatic heterocycles. The smallest absolute Gasteiger partial charge is 0.240 e. The van der Waals surface area contributed by atoms with Gasteiger partial charge in [-0.2, -0.15) is 0 Å². The number of ether oxygens (including phenoxy) is 1. The molecule has 0 unspecified atom stereocenters. The van der Waals surface area contributed by atoms with Crippen LogP contribution in [0.1, 0.15) is 38.7 Å². The molecule has 0 aliphatic carbocycles. The molecule has 6 nitrogen and oxygen atoms in total. The van der Waals surface area contributed by atoms with Crippen molar-refractivity contribution >= 4 is 11.8 Å². The van der Waals surface area contributed by atoms with E-state index in [0.29, 0.717) is 45.3 Å². The number of amides is 2. The van der Waals surface area contributed by atoms with E-state index in [0.717, 1.165) is 17.9 Å². The normalized spacial score (nSPS) is 21.4. The van der Waals surface area contributed by atoms with E-state index in [1.54, 1.807) is 7.11 Å². The maximum Gasteiger partial charge on any atom is 0.240 e. The average Bonchev–Trinajstić information content (AvgIpc) is 2.79. The molecule has 2 aliphatic rings. The first-order valence-electron chi connectivity index (χ1n) is 9.78. The number of likely N-dealkylation sites (tertiary alicyclic amines) is 1. The van der Waals surface area contributed by atoms with Crippen LogP contribution in [0.5, 0.6) is 5.75 Å². The minimum Gasteiger partial charge on any atom is -0.496 e. The summed E-state index contributed by atoms with van der Waals surface area (Å²) in [6, 6.07) is 7.81. The van der Waals surface area contributed by atoms with Crippen LogP contribution in [-0.2, 0) is 16.0 Å². The fourth-order valence-electron chi connectivity index (χ4n) is 3.89. The minimum absolute atomic E-state index is 0.0425. The predicted molar refractivity (Wildman–Crippen MR) is 105 cm³/mol. The number of benzene rings is 1. The Kier molecular flexibility index (Phi) is 5.75. The van der Waals surface area contributed by atoms with Crippen LogP contribution in [0.25, 0.3) is 0 Å². The Morgan fingerprint density at radius 1 is 1.19 bits per heavy atom. The van der Waals surface area contributed by atoms with Gasteiger partial charge < -0.3 is 20.3 Å². The number of carbonyl (C=O) groups is 2. The summed E-state index contributed by atoms with van der Waals surface area (Å²) in [6.45, 7) is 7.01. The second-order valence-corrected chi connectivity index (χ2v) is 8.48. The number of carbonyl (C=O) groups excluding carboxylic acids is 2. The molecule has 2 saturated heterocycles. The molecule has 3 rings (SSSR count). The molecule has 2 N–H and O–H groups in total. The summed E-state index contributed by atoms with van der Waals surface area (Å²) < 4.78 is 5.36. The van der Waals surface area contributed by atoms with Gasteiger partial charge in [-0.1, -0.05) is 32.0 Å². The van der Waals surface area contributed by atoms with Crippen LogP contribution in [-0.4, -0.2) is 55.5 Å². The second-order valence-electron chi connectivity index (χ2n) is 8.48. The quantitative estimate of drug-likeness (QED) is 0.843. The van der Waals surface area contributed by atoms with E-state index in [-0.39, 0.29) is 17.2 Å². The molecule has 1 aromatic carbocycles. The van der Waals surface area contributed by atoms with Crippen LogP contribution < -0.4 is 15.4 Å². The Bertz CT molecular complexity index is 694. The van der Waals surface area contributed by atoms with Gasteiger partial charge in [0.2, 0.25) is 11.8 Å². The first-order valence-corrected chi connectivity index (χ1v) is 9.78. The monoisotopic (exact) mass is 373 g/mol. The lowest BCUT2D eigenvalue weighted by Gasteiger charge is -2.40. The number of hydrogen-bond acceptors (Lipinski definition) is 4. The van der Waals surface area contributed by atoms with Crippen molar-refractivity contribution < 1.29 is 14.3 Å². The molecule has 2 amide bonds. The summed E-state index contributed by atoms with van der Waals surface area (Å²) in [5.41, 5.74) is 0.558. The Balaban J connectivity index is 1.55. The maximum absolute atomic E-state index is 12.7. The lowest BCUT2D eigenvalue weighted by atomic mass is 9.86. The van der Waals surface area contributed by atoms with E-state index in [4.69, 9.17) is 4.74 Å². The largest absolute Gasteiger partial charge is 0.496 e. The van der Waals surface area contributed by atoms with Gasteiger partial charge >= 0.3 is 0 Å². The van der Waals surface area contributed by atoms with Gasteiger partial charge in [0.05, 0.1) is 7.11 Å². The molecule has 1 spiro atoms. The van der Waals surface area contributed by atoms with Crippen molar-refractivity contribution in [1.82, 2.24) is 15.5 Å². The van der Waals surface area contributed by atoms with Crippen molar-refractivity contribution in [2.45, 2.75) is 45.1 Å². The summed E-state index contributed by atoms with van der Waals surface area (Å²) >= 11 is 0. The highest BCUT2D eigenvalue weighted by Crippen LogP contribution is 2.28. The van der Waals surface area contributed by atoms with Crippen molar-refractivity contribution in [3.8, 4) is 5.75 Å². The van der Waals surface area contributed by atoms with Crippen molar-refractivity contribution in [3.63, 3.8) is 0 Å². The summed E-state index contributed by atoms with van der Waals surface area (Å²) in [6.07, 6.45) is 2.45.